The zero-order chi connectivity index (χ0) is 14.4. The van der Waals surface area contributed by atoms with Crippen molar-refractivity contribution in [3.05, 3.63) is 23.8 Å². The summed E-state index contributed by atoms with van der Waals surface area (Å²) in [6.45, 7) is 6.91. The maximum absolute atomic E-state index is 4.87. The van der Waals surface area contributed by atoms with Gasteiger partial charge < -0.3 is 10.2 Å². The number of piperidine rings is 1. The van der Waals surface area contributed by atoms with Crippen LogP contribution in [0.25, 0.3) is 10.2 Å². The standard InChI is InChI=1S/C17H23N3S/c1-11-3-5-14(18-10-11)13-4-6-16-15(9-13)19-17(21-16)20-8-7-12(20)2/h4,6,9,11-12,14,18H,3,5,7-8,10H2,1-2H3/t11?,12-,14?/m1/s1. The van der Waals surface area contributed by atoms with Crippen LogP contribution in [0.5, 0.6) is 0 Å². The predicted molar refractivity (Wildman–Crippen MR) is 90.2 cm³/mol. The summed E-state index contributed by atoms with van der Waals surface area (Å²) in [4.78, 5) is 7.29. The van der Waals surface area contributed by atoms with Crippen LogP contribution in [0, 0.1) is 5.92 Å². The summed E-state index contributed by atoms with van der Waals surface area (Å²) in [5.74, 6) is 0.809. The number of nitrogens with zero attached hydrogens (tertiary/aromatic N) is 2. The van der Waals surface area contributed by atoms with Crippen LogP contribution in [-0.4, -0.2) is 24.1 Å². The van der Waals surface area contributed by atoms with E-state index in [0.29, 0.717) is 12.1 Å². The van der Waals surface area contributed by atoms with Crippen molar-refractivity contribution >= 4 is 26.7 Å². The van der Waals surface area contributed by atoms with Crippen LogP contribution in [0.1, 0.15) is 44.7 Å². The highest BCUT2D eigenvalue weighted by molar-refractivity contribution is 7.22. The highest BCUT2D eigenvalue weighted by Gasteiger charge is 2.26. The third-order valence-corrected chi connectivity index (χ3v) is 6.10. The van der Waals surface area contributed by atoms with E-state index in [1.165, 1.54) is 40.2 Å². The molecule has 3 atom stereocenters. The van der Waals surface area contributed by atoms with Gasteiger partial charge in [-0.2, -0.15) is 0 Å². The number of thiazole rings is 1. The lowest BCUT2D eigenvalue weighted by Gasteiger charge is -2.38. The number of hydrogen-bond donors (Lipinski definition) is 1. The number of rotatable bonds is 2. The first-order valence-corrected chi connectivity index (χ1v) is 8.93. The minimum atomic E-state index is 0.513. The molecule has 0 saturated carbocycles. The largest absolute Gasteiger partial charge is 0.345 e. The lowest BCUT2D eigenvalue weighted by molar-refractivity contribution is 0.333. The number of nitrogens with one attached hydrogen (secondary N) is 1. The molecule has 0 bridgehead atoms. The summed E-state index contributed by atoms with van der Waals surface area (Å²) in [7, 11) is 0. The Kier molecular flexibility index (Phi) is 3.38. The van der Waals surface area contributed by atoms with Crippen LogP contribution >= 0.6 is 11.3 Å². The van der Waals surface area contributed by atoms with Gasteiger partial charge >= 0.3 is 0 Å². The molecule has 112 valence electrons. The number of hydrogen-bond acceptors (Lipinski definition) is 4. The molecule has 0 amide bonds. The molecule has 2 unspecified atom stereocenters. The maximum atomic E-state index is 4.87. The van der Waals surface area contributed by atoms with Crippen LogP contribution in [-0.2, 0) is 0 Å². The molecule has 1 aromatic carbocycles. The molecular formula is C17H23N3S. The Morgan fingerprint density at radius 1 is 1.24 bits per heavy atom. The third kappa shape index (κ3) is 2.44. The van der Waals surface area contributed by atoms with E-state index in [0.717, 1.165) is 19.0 Å². The molecule has 0 aliphatic carbocycles. The summed E-state index contributed by atoms with van der Waals surface area (Å²) in [6, 6.07) is 8.02. The van der Waals surface area contributed by atoms with Crippen molar-refractivity contribution in [3.8, 4) is 0 Å². The molecule has 1 aromatic heterocycles. The minimum Gasteiger partial charge on any atom is -0.345 e. The van der Waals surface area contributed by atoms with Gasteiger partial charge in [-0.15, -0.1) is 0 Å². The smallest absolute Gasteiger partial charge is 0.186 e. The average Bonchev–Trinajstić information content (AvgIpc) is 2.88. The number of benzene rings is 1. The number of anilines is 1. The Balaban J connectivity index is 1.60. The number of aromatic nitrogens is 1. The fourth-order valence-electron chi connectivity index (χ4n) is 3.36. The van der Waals surface area contributed by atoms with E-state index in [1.54, 1.807) is 0 Å². The van der Waals surface area contributed by atoms with Gasteiger partial charge in [0, 0.05) is 18.6 Å². The van der Waals surface area contributed by atoms with E-state index in [1.807, 2.05) is 11.3 Å². The second-order valence-electron chi connectivity index (χ2n) is 6.70. The average molecular weight is 301 g/mol. The second-order valence-corrected chi connectivity index (χ2v) is 7.71. The van der Waals surface area contributed by atoms with Gasteiger partial charge in [-0.3, -0.25) is 0 Å². The summed E-state index contributed by atoms with van der Waals surface area (Å²) >= 11 is 1.84. The first-order chi connectivity index (χ1) is 10.2. The van der Waals surface area contributed by atoms with E-state index >= 15 is 0 Å². The first-order valence-electron chi connectivity index (χ1n) is 8.11. The van der Waals surface area contributed by atoms with Gasteiger partial charge in [-0.05, 0) is 56.3 Å². The van der Waals surface area contributed by atoms with Crippen molar-refractivity contribution < 1.29 is 0 Å². The van der Waals surface area contributed by atoms with Crippen LogP contribution < -0.4 is 10.2 Å². The zero-order valence-electron chi connectivity index (χ0n) is 12.8. The molecule has 3 heterocycles. The predicted octanol–water partition coefficient (Wildman–Crippen LogP) is 3.96. The minimum absolute atomic E-state index is 0.513. The lowest BCUT2D eigenvalue weighted by atomic mass is 9.92. The Bertz CT molecular complexity index is 643. The molecule has 0 radical (unpaired) electrons. The van der Waals surface area contributed by atoms with Gasteiger partial charge in [-0.25, -0.2) is 4.98 Å². The summed E-state index contributed by atoms with van der Waals surface area (Å²) in [6.07, 6.45) is 3.86. The van der Waals surface area contributed by atoms with Crippen molar-refractivity contribution in [2.24, 2.45) is 5.92 Å². The molecule has 0 spiro atoms. The first kappa shape index (κ1) is 13.5. The molecule has 2 aliphatic heterocycles. The molecule has 2 aromatic rings. The topological polar surface area (TPSA) is 28.2 Å². The van der Waals surface area contributed by atoms with Crippen molar-refractivity contribution in [1.29, 1.82) is 0 Å². The van der Waals surface area contributed by atoms with Crippen LogP contribution in [0.3, 0.4) is 0 Å². The van der Waals surface area contributed by atoms with Gasteiger partial charge in [0.05, 0.1) is 10.2 Å². The second kappa shape index (κ2) is 5.25. The van der Waals surface area contributed by atoms with Crippen LogP contribution in [0.15, 0.2) is 18.2 Å². The highest BCUT2D eigenvalue weighted by atomic mass is 32.1. The Hall–Kier alpha value is -1.13. The van der Waals surface area contributed by atoms with E-state index in [2.05, 4.69) is 42.3 Å². The summed E-state index contributed by atoms with van der Waals surface area (Å²) in [5, 5.41) is 4.87. The monoisotopic (exact) mass is 301 g/mol. The van der Waals surface area contributed by atoms with E-state index in [9.17, 15) is 0 Å². The third-order valence-electron chi connectivity index (χ3n) is 5.03. The Morgan fingerprint density at radius 3 is 2.81 bits per heavy atom. The van der Waals surface area contributed by atoms with Crippen LogP contribution in [0.2, 0.25) is 0 Å². The van der Waals surface area contributed by atoms with E-state index < -0.39 is 0 Å². The van der Waals surface area contributed by atoms with Gasteiger partial charge in [0.2, 0.25) is 0 Å². The van der Waals surface area contributed by atoms with Gasteiger partial charge in [0.1, 0.15) is 0 Å². The highest BCUT2D eigenvalue weighted by Crippen LogP contribution is 2.35. The summed E-state index contributed by atoms with van der Waals surface area (Å²) in [5.41, 5.74) is 2.58. The van der Waals surface area contributed by atoms with E-state index in [4.69, 9.17) is 4.98 Å². The van der Waals surface area contributed by atoms with Crippen molar-refractivity contribution in [2.45, 2.75) is 45.2 Å². The van der Waals surface area contributed by atoms with Crippen molar-refractivity contribution in [3.63, 3.8) is 0 Å². The molecule has 2 saturated heterocycles. The van der Waals surface area contributed by atoms with Crippen molar-refractivity contribution in [2.75, 3.05) is 18.0 Å². The molecular weight excluding hydrogens is 278 g/mol. The van der Waals surface area contributed by atoms with Gasteiger partial charge in [-0.1, -0.05) is 24.3 Å². The van der Waals surface area contributed by atoms with Crippen LogP contribution in [0.4, 0.5) is 5.13 Å². The molecule has 2 aliphatic rings. The Morgan fingerprint density at radius 2 is 2.14 bits per heavy atom. The maximum Gasteiger partial charge on any atom is 0.186 e. The molecule has 3 nitrogen and oxygen atoms in total. The number of fused-ring (bicyclic) bond motifs is 1. The fraction of sp³-hybridized carbons (Fsp3) is 0.588. The normalized spacial score (nSPS) is 29.6. The zero-order valence-corrected chi connectivity index (χ0v) is 13.6. The van der Waals surface area contributed by atoms with E-state index in [-0.39, 0.29) is 0 Å². The quantitative estimate of drug-likeness (QED) is 0.910. The molecule has 21 heavy (non-hydrogen) atoms. The molecule has 1 N–H and O–H groups in total. The van der Waals surface area contributed by atoms with Crippen molar-refractivity contribution in [1.82, 2.24) is 10.3 Å². The molecule has 2 fully saturated rings. The van der Waals surface area contributed by atoms with Gasteiger partial charge in [0.25, 0.3) is 0 Å². The molecule has 4 rings (SSSR count). The SMILES string of the molecule is CC1CCC(c2ccc3sc(N4CC[C@H]4C)nc3c2)NC1. The van der Waals surface area contributed by atoms with Gasteiger partial charge in [0.15, 0.2) is 5.13 Å². The lowest BCUT2D eigenvalue weighted by Crippen LogP contribution is -2.45. The Labute approximate surface area is 130 Å². The summed E-state index contributed by atoms with van der Waals surface area (Å²) < 4.78 is 1.32. The fourth-order valence-corrected chi connectivity index (χ4v) is 4.43. The molecule has 4 heteroatoms.